The molecule has 2 atom stereocenters. The van der Waals surface area contributed by atoms with Crippen LogP contribution in [-0.2, 0) is 20.8 Å². The van der Waals surface area contributed by atoms with Gasteiger partial charge in [-0.2, -0.15) is 0 Å². The van der Waals surface area contributed by atoms with E-state index in [-0.39, 0.29) is 13.0 Å². The molecule has 0 bridgehead atoms. The molecule has 0 aliphatic heterocycles. The highest BCUT2D eigenvalue weighted by Crippen LogP contribution is 2.36. The Morgan fingerprint density at radius 2 is 2.00 bits per heavy atom. The van der Waals surface area contributed by atoms with Gasteiger partial charge in [-0.1, -0.05) is 29.4 Å². The summed E-state index contributed by atoms with van der Waals surface area (Å²) in [4.78, 5) is 16.8. The van der Waals surface area contributed by atoms with Gasteiger partial charge >= 0.3 is 5.97 Å². The standard InChI is InChI=1S/C19H18FNO4/c1-23-15-8-6-13(7-9-15)11-21-24-12-18(22)25-19-16-5-3-2-4-14(16)10-17(19)20/h2-9,11,17,19H,10,12H2,1H3/b21-11+. The van der Waals surface area contributed by atoms with Crippen LogP contribution < -0.4 is 4.74 Å². The minimum Gasteiger partial charge on any atom is -0.497 e. The van der Waals surface area contributed by atoms with Crippen molar-refractivity contribution < 1.29 is 23.5 Å². The van der Waals surface area contributed by atoms with E-state index in [4.69, 9.17) is 14.3 Å². The number of halogens is 1. The fourth-order valence-electron chi connectivity index (χ4n) is 2.70. The van der Waals surface area contributed by atoms with Crippen LogP contribution in [-0.4, -0.2) is 32.1 Å². The van der Waals surface area contributed by atoms with Crippen LogP contribution in [0.5, 0.6) is 5.75 Å². The maximum atomic E-state index is 14.1. The molecule has 2 unspecified atom stereocenters. The monoisotopic (exact) mass is 343 g/mol. The SMILES string of the molecule is COc1ccc(/C=N/OCC(=O)OC2c3ccccc3CC2F)cc1. The molecule has 1 aliphatic rings. The summed E-state index contributed by atoms with van der Waals surface area (Å²) >= 11 is 0. The summed E-state index contributed by atoms with van der Waals surface area (Å²) in [6, 6.07) is 14.4. The Hall–Kier alpha value is -2.89. The topological polar surface area (TPSA) is 57.1 Å². The van der Waals surface area contributed by atoms with Crippen molar-refractivity contribution in [2.45, 2.75) is 18.7 Å². The Morgan fingerprint density at radius 3 is 2.76 bits per heavy atom. The largest absolute Gasteiger partial charge is 0.497 e. The molecule has 2 aromatic carbocycles. The van der Waals surface area contributed by atoms with Crippen LogP contribution in [0.1, 0.15) is 22.8 Å². The molecule has 5 nitrogen and oxygen atoms in total. The van der Waals surface area contributed by atoms with Crippen LogP contribution in [0.25, 0.3) is 0 Å². The van der Waals surface area contributed by atoms with E-state index in [1.807, 2.05) is 12.1 Å². The van der Waals surface area contributed by atoms with Gasteiger partial charge in [0.25, 0.3) is 0 Å². The summed E-state index contributed by atoms with van der Waals surface area (Å²) in [7, 11) is 1.59. The summed E-state index contributed by atoms with van der Waals surface area (Å²) in [5.41, 5.74) is 2.37. The lowest BCUT2D eigenvalue weighted by Crippen LogP contribution is -2.19. The van der Waals surface area contributed by atoms with Crippen molar-refractivity contribution in [1.29, 1.82) is 0 Å². The number of alkyl halides is 1. The van der Waals surface area contributed by atoms with Gasteiger partial charge < -0.3 is 14.3 Å². The molecule has 0 spiro atoms. The van der Waals surface area contributed by atoms with Crippen molar-refractivity contribution >= 4 is 12.2 Å². The Morgan fingerprint density at radius 1 is 1.24 bits per heavy atom. The highest BCUT2D eigenvalue weighted by atomic mass is 19.1. The van der Waals surface area contributed by atoms with Crippen LogP contribution in [0.4, 0.5) is 4.39 Å². The van der Waals surface area contributed by atoms with E-state index in [1.165, 1.54) is 6.21 Å². The number of benzene rings is 2. The fourth-order valence-corrected chi connectivity index (χ4v) is 2.70. The highest BCUT2D eigenvalue weighted by Gasteiger charge is 2.35. The first-order chi connectivity index (χ1) is 12.2. The highest BCUT2D eigenvalue weighted by molar-refractivity contribution is 5.79. The van der Waals surface area contributed by atoms with E-state index in [0.717, 1.165) is 16.9 Å². The van der Waals surface area contributed by atoms with Gasteiger partial charge in [-0.05, 0) is 41.0 Å². The molecular formula is C19H18FNO4. The maximum Gasteiger partial charge on any atom is 0.347 e. The molecule has 0 radical (unpaired) electrons. The fraction of sp³-hybridized carbons (Fsp3) is 0.263. The third-order valence-electron chi connectivity index (χ3n) is 3.94. The van der Waals surface area contributed by atoms with E-state index in [0.29, 0.717) is 5.56 Å². The molecule has 0 fully saturated rings. The van der Waals surface area contributed by atoms with Gasteiger partial charge in [0.15, 0.2) is 6.10 Å². The molecule has 3 rings (SSSR count). The zero-order chi connectivity index (χ0) is 17.6. The van der Waals surface area contributed by atoms with Crippen molar-refractivity contribution in [3.8, 4) is 5.75 Å². The van der Waals surface area contributed by atoms with Gasteiger partial charge in [-0.3, -0.25) is 0 Å². The zero-order valence-corrected chi connectivity index (χ0v) is 13.7. The average Bonchev–Trinajstić information content (AvgIpc) is 2.95. The number of rotatable bonds is 6. The van der Waals surface area contributed by atoms with Crippen molar-refractivity contribution in [1.82, 2.24) is 0 Å². The predicted molar refractivity (Wildman–Crippen MR) is 90.4 cm³/mol. The number of esters is 1. The molecule has 0 heterocycles. The van der Waals surface area contributed by atoms with E-state index in [9.17, 15) is 9.18 Å². The third-order valence-corrected chi connectivity index (χ3v) is 3.94. The zero-order valence-electron chi connectivity index (χ0n) is 13.7. The maximum absolute atomic E-state index is 14.1. The molecule has 6 heteroatoms. The normalized spacial score (nSPS) is 18.8. The quantitative estimate of drug-likeness (QED) is 0.459. The second-order valence-electron chi connectivity index (χ2n) is 5.61. The average molecular weight is 343 g/mol. The lowest BCUT2D eigenvalue weighted by atomic mass is 10.1. The number of nitrogens with zero attached hydrogens (tertiary/aromatic N) is 1. The number of hydrogen-bond donors (Lipinski definition) is 0. The van der Waals surface area contributed by atoms with Gasteiger partial charge in [0.05, 0.1) is 13.3 Å². The Labute approximate surface area is 145 Å². The second kappa shape index (κ2) is 7.79. The third kappa shape index (κ3) is 4.15. The number of carbonyl (C=O) groups excluding carboxylic acids is 1. The van der Waals surface area contributed by atoms with E-state index >= 15 is 0 Å². The van der Waals surface area contributed by atoms with Crippen LogP contribution in [0.3, 0.4) is 0 Å². The van der Waals surface area contributed by atoms with Crippen LogP contribution in [0.15, 0.2) is 53.7 Å². The summed E-state index contributed by atoms with van der Waals surface area (Å²) in [6.07, 6.45) is -0.387. The molecule has 0 amide bonds. The molecule has 0 saturated heterocycles. The number of oxime groups is 1. The molecule has 25 heavy (non-hydrogen) atoms. The first kappa shape index (κ1) is 17.0. The van der Waals surface area contributed by atoms with Gasteiger partial charge in [0.2, 0.25) is 6.61 Å². The smallest absolute Gasteiger partial charge is 0.347 e. The number of fused-ring (bicyclic) bond motifs is 1. The van der Waals surface area contributed by atoms with Gasteiger partial charge in [0, 0.05) is 6.42 Å². The molecule has 130 valence electrons. The Bertz CT molecular complexity index is 760. The minimum absolute atomic E-state index is 0.255. The first-order valence-corrected chi connectivity index (χ1v) is 7.88. The minimum atomic E-state index is -1.23. The predicted octanol–water partition coefficient (Wildman–Crippen LogP) is 3.22. The Kier molecular flexibility index (Phi) is 5.28. The molecule has 1 aliphatic carbocycles. The number of hydrogen-bond acceptors (Lipinski definition) is 5. The van der Waals surface area contributed by atoms with Crippen LogP contribution in [0, 0.1) is 0 Å². The van der Waals surface area contributed by atoms with Crippen molar-refractivity contribution in [2.24, 2.45) is 5.16 Å². The number of carbonyl (C=O) groups is 1. The molecule has 2 aromatic rings. The Balaban J connectivity index is 1.49. The van der Waals surface area contributed by atoms with Crippen molar-refractivity contribution in [2.75, 3.05) is 13.7 Å². The second-order valence-corrected chi connectivity index (χ2v) is 5.61. The lowest BCUT2D eigenvalue weighted by Gasteiger charge is -2.15. The van der Waals surface area contributed by atoms with E-state index in [2.05, 4.69) is 5.16 Å². The van der Waals surface area contributed by atoms with E-state index < -0.39 is 18.2 Å². The summed E-state index contributed by atoms with van der Waals surface area (Å²) in [6.45, 7) is -0.377. The van der Waals surface area contributed by atoms with Crippen molar-refractivity contribution in [3.63, 3.8) is 0 Å². The summed E-state index contributed by atoms with van der Waals surface area (Å²) < 4.78 is 24.3. The number of methoxy groups -OCH3 is 1. The van der Waals surface area contributed by atoms with Crippen LogP contribution >= 0.6 is 0 Å². The first-order valence-electron chi connectivity index (χ1n) is 7.88. The molecule has 0 aromatic heterocycles. The summed E-state index contributed by atoms with van der Waals surface area (Å²) in [5.74, 6) is 0.0792. The van der Waals surface area contributed by atoms with Gasteiger partial charge in [-0.25, -0.2) is 9.18 Å². The molecule has 0 saturated carbocycles. The lowest BCUT2D eigenvalue weighted by molar-refractivity contribution is -0.157. The number of ether oxygens (including phenoxy) is 2. The summed E-state index contributed by atoms with van der Waals surface area (Å²) in [5, 5.41) is 3.71. The molecule has 0 N–H and O–H groups in total. The molecular weight excluding hydrogens is 325 g/mol. The van der Waals surface area contributed by atoms with Crippen molar-refractivity contribution in [3.05, 3.63) is 65.2 Å². The van der Waals surface area contributed by atoms with Gasteiger partial charge in [0.1, 0.15) is 11.9 Å². The van der Waals surface area contributed by atoms with E-state index in [1.54, 1.807) is 43.5 Å². The van der Waals surface area contributed by atoms with Gasteiger partial charge in [-0.15, -0.1) is 0 Å². The van der Waals surface area contributed by atoms with Crippen LogP contribution in [0.2, 0.25) is 0 Å².